The van der Waals surface area contributed by atoms with E-state index in [0.29, 0.717) is 23.5 Å². The molecule has 0 unspecified atom stereocenters. The van der Waals surface area contributed by atoms with Gasteiger partial charge in [-0.2, -0.15) is 10.4 Å². The molecule has 2 rings (SSSR count). The number of halogens is 1. The molecule has 0 aliphatic rings. The molecule has 1 heterocycles. The highest BCUT2D eigenvalue weighted by Crippen LogP contribution is 2.21. The van der Waals surface area contributed by atoms with Gasteiger partial charge >= 0.3 is 0 Å². The van der Waals surface area contributed by atoms with Crippen molar-refractivity contribution in [2.24, 2.45) is 0 Å². The third-order valence-corrected chi connectivity index (χ3v) is 3.28. The van der Waals surface area contributed by atoms with E-state index in [2.05, 4.69) is 32.4 Å². The highest BCUT2D eigenvalue weighted by Gasteiger charge is 2.14. The summed E-state index contributed by atoms with van der Waals surface area (Å²) in [6.07, 6.45) is 0. The summed E-state index contributed by atoms with van der Waals surface area (Å²) in [6, 6.07) is 8.92. The summed E-state index contributed by atoms with van der Waals surface area (Å²) >= 11 is 3.30. The number of nitrogens with zero attached hydrogens (tertiary/aromatic N) is 3. The fraction of sp³-hybridized carbons (Fsp3) is 0.214. The van der Waals surface area contributed by atoms with E-state index in [1.807, 2.05) is 13.8 Å². The smallest absolute Gasteiger partial charge is 0.273 e. The van der Waals surface area contributed by atoms with Gasteiger partial charge < -0.3 is 5.32 Å². The lowest BCUT2D eigenvalue weighted by molar-refractivity contribution is 0.101. The fourth-order valence-electron chi connectivity index (χ4n) is 1.87. The Kier molecular flexibility index (Phi) is 4.20. The van der Waals surface area contributed by atoms with E-state index in [-0.39, 0.29) is 5.91 Å². The second-order valence-electron chi connectivity index (χ2n) is 4.24. The van der Waals surface area contributed by atoms with Crippen LogP contribution in [0.15, 0.2) is 28.7 Å². The van der Waals surface area contributed by atoms with Crippen LogP contribution in [-0.4, -0.2) is 15.7 Å². The highest BCUT2D eigenvalue weighted by atomic mass is 79.9. The third-order valence-electron chi connectivity index (χ3n) is 2.78. The zero-order valence-electron chi connectivity index (χ0n) is 11.1. The summed E-state index contributed by atoms with van der Waals surface area (Å²) in [7, 11) is 0. The van der Waals surface area contributed by atoms with Crippen molar-refractivity contribution in [1.82, 2.24) is 9.78 Å². The molecular formula is C14H13BrN4O. The molecule has 0 spiro atoms. The molecule has 0 radical (unpaired) electrons. The number of carbonyl (C=O) groups excluding carboxylic acids is 1. The molecule has 0 saturated carbocycles. The van der Waals surface area contributed by atoms with Crippen molar-refractivity contribution < 1.29 is 4.79 Å². The fourth-order valence-corrected chi connectivity index (χ4v) is 2.23. The lowest BCUT2D eigenvalue weighted by Crippen LogP contribution is -2.17. The van der Waals surface area contributed by atoms with E-state index >= 15 is 0 Å². The normalized spacial score (nSPS) is 10.1. The summed E-state index contributed by atoms with van der Waals surface area (Å²) in [4.78, 5) is 12.3. The Hall–Kier alpha value is -2.13. The predicted molar refractivity (Wildman–Crippen MR) is 79.4 cm³/mol. The van der Waals surface area contributed by atoms with Gasteiger partial charge in [0, 0.05) is 11.0 Å². The number of carbonyl (C=O) groups is 1. The number of benzene rings is 1. The van der Waals surface area contributed by atoms with Gasteiger partial charge in [-0.25, -0.2) is 0 Å². The van der Waals surface area contributed by atoms with Crippen LogP contribution in [0.5, 0.6) is 0 Å². The number of rotatable bonds is 3. The topological polar surface area (TPSA) is 70.7 Å². The first kappa shape index (κ1) is 14.3. The van der Waals surface area contributed by atoms with E-state index in [1.54, 1.807) is 28.9 Å². The molecule has 1 aromatic carbocycles. The van der Waals surface area contributed by atoms with Crippen LogP contribution in [0.1, 0.15) is 28.7 Å². The molecule has 0 aliphatic carbocycles. The number of hydrogen-bond donors (Lipinski definition) is 1. The molecule has 5 nitrogen and oxygen atoms in total. The molecule has 1 amide bonds. The van der Waals surface area contributed by atoms with Crippen LogP contribution in [0.3, 0.4) is 0 Å². The predicted octanol–water partition coefficient (Wildman–Crippen LogP) is 3.10. The Balaban J connectivity index is 2.30. The van der Waals surface area contributed by atoms with Crippen molar-refractivity contribution in [3.05, 3.63) is 45.7 Å². The van der Waals surface area contributed by atoms with Gasteiger partial charge in [-0.3, -0.25) is 9.48 Å². The van der Waals surface area contributed by atoms with Gasteiger partial charge in [0.25, 0.3) is 5.91 Å². The van der Waals surface area contributed by atoms with E-state index in [1.165, 1.54) is 0 Å². The number of aryl methyl sites for hydroxylation is 2. The summed E-state index contributed by atoms with van der Waals surface area (Å²) < 4.78 is 2.43. The van der Waals surface area contributed by atoms with Crippen LogP contribution in [0.4, 0.5) is 5.69 Å². The Bertz CT molecular complexity index is 700. The number of aromatic nitrogens is 2. The van der Waals surface area contributed by atoms with Crippen LogP contribution in [-0.2, 0) is 6.54 Å². The zero-order valence-corrected chi connectivity index (χ0v) is 12.7. The van der Waals surface area contributed by atoms with Crippen molar-refractivity contribution in [2.75, 3.05) is 5.32 Å². The molecule has 0 saturated heterocycles. The first-order valence-corrected chi connectivity index (χ1v) is 6.90. The number of nitriles is 1. The van der Waals surface area contributed by atoms with Gasteiger partial charge in [0.1, 0.15) is 11.8 Å². The summed E-state index contributed by atoms with van der Waals surface area (Å²) in [5.41, 5.74) is 2.17. The molecule has 0 fully saturated rings. The average molecular weight is 333 g/mol. The van der Waals surface area contributed by atoms with Crippen molar-refractivity contribution in [2.45, 2.75) is 20.4 Å². The standard InChI is InChI=1S/C14H13BrN4O/c1-3-19-13(6-9(2)18-19)14(20)17-12-5-4-11(15)7-10(12)8-16/h4-7H,3H2,1-2H3,(H,17,20). The maximum atomic E-state index is 12.3. The van der Waals surface area contributed by atoms with Gasteiger partial charge in [-0.15, -0.1) is 0 Å². The molecule has 0 aliphatic heterocycles. The van der Waals surface area contributed by atoms with Crippen molar-refractivity contribution in [3.63, 3.8) is 0 Å². The van der Waals surface area contributed by atoms with Crippen molar-refractivity contribution in [3.8, 4) is 6.07 Å². The zero-order chi connectivity index (χ0) is 14.7. The number of hydrogen-bond acceptors (Lipinski definition) is 3. The number of amides is 1. The molecule has 2 aromatic rings. The Morgan fingerprint density at radius 2 is 2.25 bits per heavy atom. The Morgan fingerprint density at radius 1 is 1.50 bits per heavy atom. The van der Waals surface area contributed by atoms with Gasteiger partial charge in [-0.05, 0) is 38.1 Å². The molecule has 1 N–H and O–H groups in total. The quantitative estimate of drug-likeness (QED) is 0.938. The maximum Gasteiger partial charge on any atom is 0.273 e. The average Bonchev–Trinajstić information content (AvgIpc) is 2.82. The van der Waals surface area contributed by atoms with Gasteiger partial charge in [0.15, 0.2) is 0 Å². The molecule has 0 atom stereocenters. The van der Waals surface area contributed by atoms with Gasteiger partial charge in [-0.1, -0.05) is 15.9 Å². The van der Waals surface area contributed by atoms with Gasteiger partial charge in [0.05, 0.1) is 16.9 Å². The minimum Gasteiger partial charge on any atom is -0.319 e. The van der Waals surface area contributed by atoms with E-state index < -0.39 is 0 Å². The maximum absolute atomic E-state index is 12.3. The molecule has 1 aromatic heterocycles. The summed E-state index contributed by atoms with van der Waals surface area (Å²) in [5.74, 6) is -0.272. The largest absolute Gasteiger partial charge is 0.319 e. The summed E-state index contributed by atoms with van der Waals surface area (Å²) in [5, 5.41) is 16.1. The van der Waals surface area contributed by atoms with E-state index in [9.17, 15) is 4.79 Å². The first-order chi connectivity index (χ1) is 9.55. The number of nitrogens with one attached hydrogen (secondary N) is 1. The molecule has 6 heteroatoms. The minimum absolute atomic E-state index is 0.272. The molecule has 0 bridgehead atoms. The van der Waals surface area contributed by atoms with Crippen LogP contribution < -0.4 is 5.32 Å². The lowest BCUT2D eigenvalue weighted by atomic mass is 10.2. The second-order valence-corrected chi connectivity index (χ2v) is 5.16. The first-order valence-electron chi connectivity index (χ1n) is 6.10. The van der Waals surface area contributed by atoms with Gasteiger partial charge in [0.2, 0.25) is 0 Å². The Labute approximate surface area is 125 Å². The van der Waals surface area contributed by atoms with Crippen LogP contribution >= 0.6 is 15.9 Å². The van der Waals surface area contributed by atoms with E-state index in [4.69, 9.17) is 5.26 Å². The van der Waals surface area contributed by atoms with E-state index in [0.717, 1.165) is 10.2 Å². The van der Waals surface area contributed by atoms with Crippen LogP contribution in [0.2, 0.25) is 0 Å². The lowest BCUT2D eigenvalue weighted by Gasteiger charge is -2.08. The SMILES string of the molecule is CCn1nc(C)cc1C(=O)Nc1ccc(Br)cc1C#N. The Morgan fingerprint density at radius 3 is 2.90 bits per heavy atom. The highest BCUT2D eigenvalue weighted by molar-refractivity contribution is 9.10. The van der Waals surface area contributed by atoms with Crippen LogP contribution in [0.25, 0.3) is 0 Å². The second kappa shape index (κ2) is 5.88. The molecule has 102 valence electrons. The van der Waals surface area contributed by atoms with Crippen molar-refractivity contribution in [1.29, 1.82) is 5.26 Å². The monoisotopic (exact) mass is 332 g/mol. The van der Waals surface area contributed by atoms with Crippen molar-refractivity contribution >= 4 is 27.5 Å². The molecule has 20 heavy (non-hydrogen) atoms. The summed E-state index contributed by atoms with van der Waals surface area (Å²) in [6.45, 7) is 4.37. The molecular weight excluding hydrogens is 320 g/mol. The minimum atomic E-state index is -0.272. The number of anilines is 1. The third kappa shape index (κ3) is 2.89. The van der Waals surface area contributed by atoms with Crippen LogP contribution in [0, 0.1) is 18.3 Å².